The van der Waals surface area contributed by atoms with E-state index in [4.69, 9.17) is 34.0 Å². The fraction of sp³-hybridized carbons (Fsp3) is 0. The molecule has 0 atom stereocenters. The third-order valence-electron chi connectivity index (χ3n) is 2.25. The summed E-state index contributed by atoms with van der Waals surface area (Å²) < 4.78 is 4.97. The summed E-state index contributed by atoms with van der Waals surface area (Å²) in [7, 11) is 0. The number of carbonyl (C=O) groups is 1. The molecule has 0 unspecified atom stereocenters. The van der Waals surface area contributed by atoms with Gasteiger partial charge in [0.1, 0.15) is 4.99 Å². The number of benzene rings is 1. The Bertz CT molecular complexity index is 596. The predicted octanol–water partition coefficient (Wildman–Crippen LogP) is 2.82. The van der Waals surface area contributed by atoms with Gasteiger partial charge in [0.2, 0.25) is 0 Å². The molecule has 0 saturated carbocycles. The normalized spacial score (nSPS) is 10.1. The highest BCUT2D eigenvalue weighted by molar-refractivity contribution is 7.80. The lowest BCUT2D eigenvalue weighted by molar-refractivity contribution is 0.0996. The van der Waals surface area contributed by atoms with Crippen molar-refractivity contribution in [3.8, 4) is 0 Å². The number of rotatable bonds is 3. The maximum Gasteiger partial charge on any atom is 0.291 e. The van der Waals surface area contributed by atoms with Crippen LogP contribution in [-0.2, 0) is 0 Å². The number of furan rings is 1. The Morgan fingerprint density at radius 1 is 1.39 bits per heavy atom. The quantitative estimate of drug-likeness (QED) is 0.849. The van der Waals surface area contributed by atoms with E-state index in [0.29, 0.717) is 16.3 Å². The van der Waals surface area contributed by atoms with Crippen LogP contribution in [0.4, 0.5) is 5.69 Å². The zero-order chi connectivity index (χ0) is 13.1. The van der Waals surface area contributed by atoms with Crippen molar-refractivity contribution in [2.75, 3.05) is 5.32 Å². The monoisotopic (exact) mass is 280 g/mol. The first kappa shape index (κ1) is 12.6. The maximum absolute atomic E-state index is 11.7. The Balaban J connectivity index is 2.20. The van der Waals surface area contributed by atoms with E-state index in [2.05, 4.69) is 5.32 Å². The Kier molecular flexibility index (Phi) is 3.64. The third kappa shape index (κ3) is 2.69. The van der Waals surface area contributed by atoms with Crippen LogP contribution in [0.25, 0.3) is 0 Å². The van der Waals surface area contributed by atoms with Crippen LogP contribution >= 0.6 is 23.8 Å². The van der Waals surface area contributed by atoms with Gasteiger partial charge in [0.25, 0.3) is 5.91 Å². The highest BCUT2D eigenvalue weighted by Gasteiger charge is 2.11. The first-order valence-electron chi connectivity index (χ1n) is 5.02. The number of nitrogens with one attached hydrogen (secondary N) is 1. The molecule has 92 valence electrons. The molecule has 1 heterocycles. The number of hydrogen-bond donors (Lipinski definition) is 2. The van der Waals surface area contributed by atoms with Gasteiger partial charge in [-0.15, -0.1) is 0 Å². The van der Waals surface area contributed by atoms with Gasteiger partial charge in [-0.1, -0.05) is 23.8 Å². The topological polar surface area (TPSA) is 68.3 Å². The van der Waals surface area contributed by atoms with Crippen LogP contribution in [0.15, 0.2) is 41.0 Å². The van der Waals surface area contributed by atoms with Crippen molar-refractivity contribution in [1.82, 2.24) is 0 Å². The van der Waals surface area contributed by atoms with Crippen molar-refractivity contribution >= 4 is 40.4 Å². The second kappa shape index (κ2) is 5.20. The number of carbonyl (C=O) groups excluding carboxylic acids is 1. The molecule has 0 aliphatic heterocycles. The summed E-state index contributed by atoms with van der Waals surface area (Å²) in [5.74, 6) is -0.158. The second-order valence-electron chi connectivity index (χ2n) is 3.49. The smallest absolute Gasteiger partial charge is 0.291 e. The van der Waals surface area contributed by atoms with E-state index in [1.807, 2.05) is 0 Å². The number of thiocarbonyl (C=S) groups is 1. The fourth-order valence-corrected chi connectivity index (χ4v) is 1.72. The van der Waals surface area contributed by atoms with Crippen molar-refractivity contribution in [3.63, 3.8) is 0 Å². The zero-order valence-electron chi connectivity index (χ0n) is 9.14. The molecule has 18 heavy (non-hydrogen) atoms. The van der Waals surface area contributed by atoms with Gasteiger partial charge < -0.3 is 15.5 Å². The summed E-state index contributed by atoms with van der Waals surface area (Å²) in [5, 5.41) is 2.99. The van der Waals surface area contributed by atoms with Crippen LogP contribution in [0.3, 0.4) is 0 Å². The van der Waals surface area contributed by atoms with Crippen molar-refractivity contribution in [1.29, 1.82) is 0 Å². The lowest BCUT2D eigenvalue weighted by Gasteiger charge is -2.07. The molecule has 2 aromatic rings. The van der Waals surface area contributed by atoms with Gasteiger partial charge in [-0.05, 0) is 30.3 Å². The second-order valence-corrected chi connectivity index (χ2v) is 4.34. The van der Waals surface area contributed by atoms with Crippen LogP contribution in [0.1, 0.15) is 16.1 Å². The minimum absolute atomic E-state index is 0.212. The van der Waals surface area contributed by atoms with E-state index in [1.165, 1.54) is 6.26 Å². The molecule has 0 radical (unpaired) electrons. The molecule has 1 amide bonds. The molecule has 0 bridgehead atoms. The molecule has 0 aliphatic rings. The highest BCUT2D eigenvalue weighted by atomic mass is 35.5. The van der Waals surface area contributed by atoms with Gasteiger partial charge in [-0.3, -0.25) is 4.79 Å². The van der Waals surface area contributed by atoms with Crippen molar-refractivity contribution in [2.45, 2.75) is 0 Å². The van der Waals surface area contributed by atoms with Gasteiger partial charge >= 0.3 is 0 Å². The standard InChI is InChI=1S/C12H9ClN2O2S/c13-8-6-7(11(14)18)3-4-9(8)15-12(16)10-2-1-5-17-10/h1-6H,(H2,14,18)(H,15,16). The fourth-order valence-electron chi connectivity index (χ4n) is 1.36. The van der Waals surface area contributed by atoms with E-state index in [0.717, 1.165) is 0 Å². The number of hydrogen-bond acceptors (Lipinski definition) is 3. The molecule has 1 aromatic carbocycles. The van der Waals surface area contributed by atoms with Crippen molar-refractivity contribution in [2.24, 2.45) is 5.73 Å². The molecule has 0 fully saturated rings. The van der Waals surface area contributed by atoms with Gasteiger partial charge in [-0.25, -0.2) is 0 Å². The van der Waals surface area contributed by atoms with E-state index >= 15 is 0 Å². The Morgan fingerprint density at radius 3 is 2.72 bits per heavy atom. The van der Waals surface area contributed by atoms with Gasteiger partial charge in [-0.2, -0.15) is 0 Å². The average Bonchev–Trinajstić information content (AvgIpc) is 2.85. The molecule has 0 aliphatic carbocycles. The number of halogens is 1. The van der Waals surface area contributed by atoms with Crippen LogP contribution in [0, 0.1) is 0 Å². The van der Waals surface area contributed by atoms with Crippen LogP contribution in [0.2, 0.25) is 5.02 Å². The molecule has 3 N–H and O–H groups in total. The van der Waals surface area contributed by atoms with E-state index in [1.54, 1.807) is 30.3 Å². The average molecular weight is 281 g/mol. The molecule has 0 saturated heterocycles. The number of amides is 1. The Hall–Kier alpha value is -1.85. The molecule has 6 heteroatoms. The van der Waals surface area contributed by atoms with Crippen LogP contribution < -0.4 is 11.1 Å². The number of anilines is 1. The highest BCUT2D eigenvalue weighted by Crippen LogP contribution is 2.23. The van der Waals surface area contributed by atoms with E-state index in [-0.39, 0.29) is 16.7 Å². The van der Waals surface area contributed by atoms with Crippen LogP contribution in [0.5, 0.6) is 0 Å². The largest absolute Gasteiger partial charge is 0.459 e. The summed E-state index contributed by atoms with van der Waals surface area (Å²) >= 11 is 10.9. The summed E-state index contributed by atoms with van der Waals surface area (Å²) in [5.41, 5.74) is 6.60. The van der Waals surface area contributed by atoms with E-state index in [9.17, 15) is 4.79 Å². The Morgan fingerprint density at radius 2 is 2.17 bits per heavy atom. The molecule has 2 rings (SSSR count). The molecular formula is C12H9ClN2O2S. The van der Waals surface area contributed by atoms with Crippen LogP contribution in [-0.4, -0.2) is 10.9 Å². The molecule has 1 aromatic heterocycles. The molecule has 0 spiro atoms. The zero-order valence-corrected chi connectivity index (χ0v) is 10.7. The van der Waals surface area contributed by atoms with Crippen molar-refractivity contribution < 1.29 is 9.21 Å². The minimum atomic E-state index is -0.370. The summed E-state index contributed by atoms with van der Waals surface area (Å²) in [6.45, 7) is 0. The number of nitrogens with two attached hydrogens (primary N) is 1. The minimum Gasteiger partial charge on any atom is -0.459 e. The maximum atomic E-state index is 11.7. The Labute approximate surface area is 114 Å². The molecule has 4 nitrogen and oxygen atoms in total. The first-order valence-corrected chi connectivity index (χ1v) is 5.81. The SMILES string of the molecule is NC(=S)c1ccc(NC(=O)c2ccco2)c(Cl)c1. The lowest BCUT2D eigenvalue weighted by atomic mass is 10.2. The summed E-state index contributed by atoms with van der Waals surface area (Å²) in [6.07, 6.45) is 1.42. The van der Waals surface area contributed by atoms with Gasteiger partial charge in [0, 0.05) is 5.56 Å². The molecular weight excluding hydrogens is 272 g/mol. The van der Waals surface area contributed by atoms with Gasteiger partial charge in [0.05, 0.1) is 17.0 Å². The predicted molar refractivity (Wildman–Crippen MR) is 74.0 cm³/mol. The third-order valence-corrected chi connectivity index (χ3v) is 2.80. The van der Waals surface area contributed by atoms with Gasteiger partial charge in [0.15, 0.2) is 5.76 Å². The first-order chi connectivity index (χ1) is 8.58. The van der Waals surface area contributed by atoms with E-state index < -0.39 is 0 Å². The van der Waals surface area contributed by atoms with Crippen molar-refractivity contribution in [3.05, 3.63) is 52.9 Å². The summed E-state index contributed by atoms with van der Waals surface area (Å²) in [4.78, 5) is 12.0. The summed E-state index contributed by atoms with van der Waals surface area (Å²) in [6, 6.07) is 8.12. The lowest BCUT2D eigenvalue weighted by Crippen LogP contribution is -2.13.